The van der Waals surface area contributed by atoms with Gasteiger partial charge in [0.15, 0.2) is 0 Å². The van der Waals surface area contributed by atoms with E-state index in [0.29, 0.717) is 19.6 Å². The Bertz CT molecular complexity index is 760. The van der Waals surface area contributed by atoms with Crippen molar-refractivity contribution < 1.29 is 22.8 Å². The predicted octanol–water partition coefficient (Wildman–Crippen LogP) is 3.50. The summed E-state index contributed by atoms with van der Waals surface area (Å²) in [5.41, 5.74) is -0.729. The van der Waals surface area contributed by atoms with Gasteiger partial charge in [-0.2, -0.15) is 13.2 Å². The molecule has 1 saturated carbocycles. The van der Waals surface area contributed by atoms with Crippen LogP contribution in [0, 0.1) is 11.8 Å². The Labute approximate surface area is 162 Å². The number of nitrogens with zero attached hydrogens (tertiary/aromatic N) is 2. The minimum Gasteiger partial charge on any atom is -0.340 e. The molecule has 0 aromatic heterocycles. The molecule has 4 nitrogen and oxygen atoms in total. The van der Waals surface area contributed by atoms with Crippen LogP contribution in [0.3, 0.4) is 0 Å². The number of halogens is 3. The van der Waals surface area contributed by atoms with Gasteiger partial charge < -0.3 is 9.80 Å². The van der Waals surface area contributed by atoms with Gasteiger partial charge in [-0.3, -0.25) is 9.59 Å². The van der Waals surface area contributed by atoms with E-state index < -0.39 is 11.7 Å². The van der Waals surface area contributed by atoms with Gasteiger partial charge in [0.1, 0.15) is 0 Å². The molecule has 2 bridgehead atoms. The van der Waals surface area contributed by atoms with Gasteiger partial charge in [-0.1, -0.05) is 24.6 Å². The lowest BCUT2D eigenvalue weighted by molar-refractivity contribution is -0.141. The van der Waals surface area contributed by atoms with Gasteiger partial charge >= 0.3 is 6.18 Å². The maximum absolute atomic E-state index is 13.2. The van der Waals surface area contributed by atoms with Gasteiger partial charge in [0.05, 0.1) is 12.0 Å². The van der Waals surface area contributed by atoms with Crippen LogP contribution in [0.2, 0.25) is 0 Å². The van der Waals surface area contributed by atoms with Gasteiger partial charge in [-0.15, -0.1) is 0 Å². The van der Waals surface area contributed by atoms with Crippen LogP contribution >= 0.6 is 0 Å². The molecule has 0 radical (unpaired) electrons. The largest absolute Gasteiger partial charge is 0.416 e. The fourth-order valence-corrected chi connectivity index (χ4v) is 4.70. The van der Waals surface area contributed by atoms with E-state index in [1.165, 1.54) is 18.2 Å². The molecule has 3 aliphatic heterocycles. The molecule has 4 aliphatic rings. The maximum Gasteiger partial charge on any atom is 0.416 e. The Kier molecular flexibility index (Phi) is 5.10. The van der Waals surface area contributed by atoms with Gasteiger partial charge in [-0.05, 0) is 43.2 Å². The number of carbonyl (C=O) groups is 2. The molecule has 1 aromatic carbocycles. The molecule has 1 aromatic rings. The summed E-state index contributed by atoms with van der Waals surface area (Å²) in [6.45, 7) is 1.71. The zero-order chi connectivity index (χ0) is 19.9. The highest BCUT2D eigenvalue weighted by molar-refractivity contribution is 5.81. The molecule has 7 heteroatoms. The molecule has 0 spiro atoms. The van der Waals surface area contributed by atoms with Crippen molar-refractivity contribution in [3.05, 3.63) is 35.4 Å². The maximum atomic E-state index is 13.2. The molecule has 0 N–H and O–H groups in total. The van der Waals surface area contributed by atoms with E-state index in [2.05, 4.69) is 0 Å². The highest BCUT2D eigenvalue weighted by atomic mass is 19.4. The molecule has 152 valence electrons. The molecule has 0 unspecified atom stereocenters. The molecule has 3 saturated heterocycles. The molecule has 2 amide bonds. The predicted molar refractivity (Wildman–Crippen MR) is 97.3 cm³/mol. The summed E-state index contributed by atoms with van der Waals surface area (Å²) < 4.78 is 39.7. The minimum atomic E-state index is -4.47. The van der Waals surface area contributed by atoms with E-state index in [9.17, 15) is 22.8 Å². The second-order valence-corrected chi connectivity index (χ2v) is 8.35. The molecular formula is C21H25F3N2O2. The van der Waals surface area contributed by atoms with E-state index in [1.807, 2.05) is 4.90 Å². The Morgan fingerprint density at radius 1 is 1.00 bits per heavy atom. The van der Waals surface area contributed by atoms with Crippen LogP contribution in [0.15, 0.2) is 24.3 Å². The molecule has 28 heavy (non-hydrogen) atoms. The quantitative estimate of drug-likeness (QED) is 0.787. The number of fused-ring (bicyclic) bond motifs is 4. The van der Waals surface area contributed by atoms with Crippen molar-refractivity contribution in [2.75, 3.05) is 19.6 Å². The molecule has 1 aliphatic carbocycles. The van der Waals surface area contributed by atoms with Gasteiger partial charge in [0.2, 0.25) is 11.8 Å². The summed E-state index contributed by atoms with van der Waals surface area (Å²) in [7, 11) is 0. The Morgan fingerprint density at radius 2 is 1.75 bits per heavy atom. The Hall–Kier alpha value is -2.05. The topological polar surface area (TPSA) is 40.6 Å². The van der Waals surface area contributed by atoms with Crippen molar-refractivity contribution >= 4 is 11.8 Å². The lowest BCUT2D eigenvalue weighted by Crippen LogP contribution is -2.49. The number of piperidine rings is 1. The monoisotopic (exact) mass is 394 g/mol. The zero-order valence-corrected chi connectivity index (χ0v) is 15.8. The van der Waals surface area contributed by atoms with Crippen molar-refractivity contribution in [3.8, 4) is 0 Å². The van der Waals surface area contributed by atoms with Crippen LogP contribution in [-0.2, 0) is 22.2 Å². The molecular weight excluding hydrogens is 369 g/mol. The molecule has 2 atom stereocenters. The van der Waals surface area contributed by atoms with Gasteiger partial charge in [-0.25, -0.2) is 0 Å². The van der Waals surface area contributed by atoms with E-state index in [-0.39, 0.29) is 41.7 Å². The third kappa shape index (κ3) is 3.76. The summed E-state index contributed by atoms with van der Waals surface area (Å²) in [6.07, 6.45) is 0.0351. The highest BCUT2D eigenvalue weighted by Gasteiger charge is 2.41. The normalized spacial score (nSPS) is 25.4. The number of alkyl halides is 3. The van der Waals surface area contributed by atoms with E-state index >= 15 is 0 Å². The van der Waals surface area contributed by atoms with Crippen molar-refractivity contribution in [1.82, 2.24) is 9.80 Å². The molecule has 4 fully saturated rings. The standard InChI is InChI=1S/C21H25F3N2O2/c22-21(23,24)18-7-2-1-4-16(18)10-19(27)26-12-14-8-9-17(26)13-25(11-14)20(28)15-5-3-6-15/h1-2,4,7,14-15,17H,3,5-6,8-13H2/t14-,17+/m0/s1. The first-order chi connectivity index (χ1) is 13.3. The van der Waals surface area contributed by atoms with Crippen LogP contribution in [0.5, 0.6) is 0 Å². The minimum absolute atomic E-state index is 0.0162. The third-order valence-corrected chi connectivity index (χ3v) is 6.46. The first-order valence-corrected chi connectivity index (χ1v) is 10.1. The molecule has 3 heterocycles. The number of hydrogen-bond acceptors (Lipinski definition) is 2. The summed E-state index contributed by atoms with van der Waals surface area (Å²) >= 11 is 0. The van der Waals surface area contributed by atoms with Crippen LogP contribution in [-0.4, -0.2) is 47.3 Å². The third-order valence-electron chi connectivity index (χ3n) is 6.46. The van der Waals surface area contributed by atoms with Gasteiger partial charge in [0, 0.05) is 31.6 Å². The Morgan fingerprint density at radius 3 is 2.43 bits per heavy atom. The fourth-order valence-electron chi connectivity index (χ4n) is 4.70. The summed E-state index contributed by atoms with van der Waals surface area (Å²) in [5.74, 6) is 0.258. The van der Waals surface area contributed by atoms with Crippen molar-refractivity contribution in [2.45, 2.75) is 50.7 Å². The average Bonchev–Trinajstić information content (AvgIpc) is 2.92. The van der Waals surface area contributed by atoms with Gasteiger partial charge in [0.25, 0.3) is 0 Å². The number of amides is 2. The lowest BCUT2D eigenvalue weighted by Gasteiger charge is -2.36. The first-order valence-electron chi connectivity index (χ1n) is 10.1. The summed E-state index contributed by atoms with van der Waals surface area (Å²) in [4.78, 5) is 29.2. The lowest BCUT2D eigenvalue weighted by atomic mass is 9.84. The van der Waals surface area contributed by atoms with Crippen LogP contribution in [0.1, 0.15) is 43.2 Å². The smallest absolute Gasteiger partial charge is 0.340 e. The van der Waals surface area contributed by atoms with E-state index in [1.54, 1.807) is 4.90 Å². The van der Waals surface area contributed by atoms with E-state index in [0.717, 1.165) is 38.2 Å². The number of rotatable bonds is 3. The van der Waals surface area contributed by atoms with Crippen molar-refractivity contribution in [2.24, 2.45) is 11.8 Å². The Balaban J connectivity index is 1.48. The second-order valence-electron chi connectivity index (χ2n) is 8.35. The molecule has 5 rings (SSSR count). The number of benzene rings is 1. The van der Waals surface area contributed by atoms with Crippen molar-refractivity contribution in [3.63, 3.8) is 0 Å². The van der Waals surface area contributed by atoms with Crippen molar-refractivity contribution in [1.29, 1.82) is 0 Å². The van der Waals surface area contributed by atoms with E-state index in [4.69, 9.17) is 0 Å². The zero-order valence-electron chi connectivity index (χ0n) is 15.8. The summed E-state index contributed by atoms with van der Waals surface area (Å²) in [5, 5.41) is 0. The number of hydrogen-bond donors (Lipinski definition) is 0. The SMILES string of the molecule is O=C(C1CCC1)N1C[C@@H]2CC[C@H](C1)N(C(=O)Cc1ccccc1C(F)(F)F)C2. The fraction of sp³-hybridized carbons (Fsp3) is 0.619. The van der Waals surface area contributed by atoms with Crippen LogP contribution in [0.25, 0.3) is 0 Å². The second kappa shape index (κ2) is 7.41. The summed E-state index contributed by atoms with van der Waals surface area (Å²) in [6, 6.07) is 5.19. The van der Waals surface area contributed by atoms with Crippen LogP contribution in [0.4, 0.5) is 13.2 Å². The number of carbonyl (C=O) groups excluding carboxylic acids is 2. The first kappa shape index (κ1) is 19.3. The van der Waals surface area contributed by atoms with Crippen LogP contribution < -0.4 is 0 Å². The highest BCUT2D eigenvalue weighted by Crippen LogP contribution is 2.35. The average molecular weight is 394 g/mol.